The van der Waals surface area contributed by atoms with Gasteiger partial charge in [-0.15, -0.1) is 0 Å². The van der Waals surface area contributed by atoms with Crippen LogP contribution < -0.4 is 5.32 Å². The van der Waals surface area contributed by atoms with Crippen LogP contribution in [0.1, 0.15) is 6.42 Å². The minimum atomic E-state index is -0.613. The van der Waals surface area contributed by atoms with Gasteiger partial charge in [0.15, 0.2) is 0 Å². The zero-order valence-electron chi connectivity index (χ0n) is 4.53. The van der Waals surface area contributed by atoms with E-state index in [1.807, 2.05) is 0 Å². The summed E-state index contributed by atoms with van der Waals surface area (Å²) in [6.45, 7) is 0.538. The molecule has 0 radical (unpaired) electrons. The molecule has 0 unspecified atom stereocenters. The third kappa shape index (κ3) is 1.42. The van der Waals surface area contributed by atoms with E-state index in [1.54, 1.807) is 0 Å². The average Bonchev–Trinajstić information content (AvgIpc) is 2.14. The highest BCUT2D eigenvalue weighted by molar-refractivity contribution is 9.09. The molecule has 48 valence electrons. The van der Waals surface area contributed by atoms with Crippen molar-refractivity contribution in [1.29, 1.82) is 0 Å². The van der Waals surface area contributed by atoms with Gasteiger partial charge in [0, 0.05) is 17.9 Å². The minimum absolute atomic E-state index is 0.366. The van der Waals surface area contributed by atoms with E-state index in [-0.39, 0.29) is 0 Å². The normalized spacial score (nSPS) is 38.2. The van der Waals surface area contributed by atoms with Crippen LogP contribution >= 0.6 is 15.9 Å². The molecule has 1 fully saturated rings. The molecule has 0 aliphatic carbocycles. The van der Waals surface area contributed by atoms with E-state index < -0.39 is 6.17 Å². The van der Waals surface area contributed by atoms with E-state index in [1.165, 1.54) is 0 Å². The van der Waals surface area contributed by atoms with Crippen molar-refractivity contribution < 1.29 is 4.39 Å². The van der Waals surface area contributed by atoms with Crippen molar-refractivity contribution in [3.8, 4) is 0 Å². The fraction of sp³-hybridized carbons (Fsp3) is 1.00. The highest BCUT2D eigenvalue weighted by Gasteiger charge is 2.21. The molecule has 0 spiro atoms. The van der Waals surface area contributed by atoms with Gasteiger partial charge in [0.25, 0.3) is 0 Å². The van der Waals surface area contributed by atoms with Crippen LogP contribution in [0.25, 0.3) is 0 Å². The first-order valence-electron chi connectivity index (χ1n) is 2.76. The molecule has 0 bridgehead atoms. The lowest BCUT2D eigenvalue weighted by Gasteiger charge is -2.00. The predicted molar refractivity (Wildman–Crippen MR) is 35.1 cm³/mol. The Balaban J connectivity index is 2.22. The average molecular weight is 182 g/mol. The van der Waals surface area contributed by atoms with Gasteiger partial charge in [-0.3, -0.25) is 0 Å². The van der Waals surface area contributed by atoms with E-state index in [0.29, 0.717) is 19.0 Å². The third-order valence-corrected chi connectivity index (χ3v) is 2.14. The lowest BCUT2D eigenvalue weighted by Crippen LogP contribution is -2.22. The summed E-state index contributed by atoms with van der Waals surface area (Å²) < 4.78 is 12.3. The molecule has 1 rings (SSSR count). The fourth-order valence-corrected chi connectivity index (χ4v) is 1.38. The topological polar surface area (TPSA) is 12.0 Å². The van der Waals surface area contributed by atoms with Gasteiger partial charge in [-0.25, -0.2) is 4.39 Å². The highest BCUT2D eigenvalue weighted by Crippen LogP contribution is 2.10. The number of hydrogen-bond donors (Lipinski definition) is 1. The van der Waals surface area contributed by atoms with Crippen molar-refractivity contribution in [3.05, 3.63) is 0 Å². The summed E-state index contributed by atoms with van der Waals surface area (Å²) in [5, 5.41) is 3.90. The van der Waals surface area contributed by atoms with Crippen LogP contribution in [-0.2, 0) is 0 Å². The van der Waals surface area contributed by atoms with E-state index >= 15 is 0 Å². The van der Waals surface area contributed by atoms with Gasteiger partial charge in [0.1, 0.15) is 6.17 Å². The summed E-state index contributed by atoms with van der Waals surface area (Å²) >= 11 is 3.27. The van der Waals surface area contributed by atoms with E-state index in [2.05, 4.69) is 21.2 Å². The third-order valence-electron chi connectivity index (χ3n) is 1.35. The Hall–Kier alpha value is 0.370. The number of rotatable bonds is 1. The second-order valence-corrected chi connectivity index (χ2v) is 2.74. The molecule has 0 saturated carbocycles. The predicted octanol–water partition coefficient (Wildman–Crippen LogP) is 1.08. The molecule has 8 heavy (non-hydrogen) atoms. The van der Waals surface area contributed by atoms with E-state index in [9.17, 15) is 4.39 Å². The summed E-state index contributed by atoms with van der Waals surface area (Å²) in [5.41, 5.74) is 0. The molecule has 0 aromatic heterocycles. The lowest BCUT2D eigenvalue weighted by molar-refractivity contribution is 0.357. The van der Waals surface area contributed by atoms with Gasteiger partial charge in [-0.2, -0.15) is 0 Å². The van der Waals surface area contributed by atoms with Crippen LogP contribution in [0.4, 0.5) is 4.39 Å². The van der Waals surface area contributed by atoms with Crippen LogP contribution in [0, 0.1) is 0 Å². The SMILES string of the molecule is F[C@@H]1CN[C@H](CBr)C1. The molecule has 0 aromatic rings. The highest BCUT2D eigenvalue weighted by atomic mass is 79.9. The van der Waals surface area contributed by atoms with Gasteiger partial charge in [0.2, 0.25) is 0 Å². The second-order valence-electron chi connectivity index (χ2n) is 2.09. The molecule has 1 heterocycles. The number of nitrogens with one attached hydrogen (secondary N) is 1. The second kappa shape index (κ2) is 2.78. The zero-order valence-corrected chi connectivity index (χ0v) is 6.12. The Bertz CT molecular complexity index is 78.8. The quantitative estimate of drug-likeness (QED) is 0.598. The van der Waals surface area contributed by atoms with E-state index in [4.69, 9.17) is 0 Å². The van der Waals surface area contributed by atoms with Crippen molar-refractivity contribution in [2.45, 2.75) is 18.6 Å². The van der Waals surface area contributed by atoms with Crippen LogP contribution in [0.15, 0.2) is 0 Å². The van der Waals surface area contributed by atoms with Crippen molar-refractivity contribution >= 4 is 15.9 Å². The summed E-state index contributed by atoms with van der Waals surface area (Å²) in [7, 11) is 0. The first-order valence-corrected chi connectivity index (χ1v) is 3.88. The summed E-state index contributed by atoms with van der Waals surface area (Å²) in [6, 6.07) is 0.366. The van der Waals surface area contributed by atoms with Crippen molar-refractivity contribution in [1.82, 2.24) is 5.32 Å². The molecule has 2 atom stereocenters. The summed E-state index contributed by atoms with van der Waals surface area (Å²) in [6.07, 6.45) is 0.0585. The molecular formula is C5H9BrFN. The maximum Gasteiger partial charge on any atom is 0.114 e. The molecule has 1 saturated heterocycles. The Morgan fingerprint density at radius 3 is 2.75 bits per heavy atom. The van der Waals surface area contributed by atoms with Gasteiger partial charge >= 0.3 is 0 Å². The van der Waals surface area contributed by atoms with Gasteiger partial charge < -0.3 is 5.32 Å². The fourth-order valence-electron chi connectivity index (χ4n) is 0.887. The molecule has 0 aromatic carbocycles. The minimum Gasteiger partial charge on any atom is -0.310 e. The van der Waals surface area contributed by atoms with Crippen molar-refractivity contribution in [2.75, 3.05) is 11.9 Å². The lowest BCUT2D eigenvalue weighted by atomic mass is 10.2. The standard InChI is InChI=1S/C5H9BrFN/c6-2-5-1-4(7)3-8-5/h4-5,8H,1-3H2/t4-,5-/m0/s1. The van der Waals surface area contributed by atoms with Crippen LogP contribution in [0.5, 0.6) is 0 Å². The largest absolute Gasteiger partial charge is 0.310 e. The Morgan fingerprint density at radius 1 is 1.75 bits per heavy atom. The number of hydrogen-bond acceptors (Lipinski definition) is 1. The van der Waals surface area contributed by atoms with Gasteiger partial charge in [-0.05, 0) is 6.42 Å². The molecule has 1 nitrogen and oxygen atoms in total. The smallest absolute Gasteiger partial charge is 0.114 e. The first kappa shape index (κ1) is 6.49. The van der Waals surface area contributed by atoms with E-state index in [0.717, 1.165) is 5.33 Å². The Morgan fingerprint density at radius 2 is 2.50 bits per heavy atom. The van der Waals surface area contributed by atoms with Gasteiger partial charge in [0.05, 0.1) is 0 Å². The molecule has 1 aliphatic rings. The Labute approximate surface area is 56.8 Å². The number of halogens is 2. The van der Waals surface area contributed by atoms with Crippen LogP contribution in [0.3, 0.4) is 0 Å². The molecule has 3 heteroatoms. The Kier molecular flexibility index (Phi) is 2.26. The maximum absolute atomic E-state index is 12.3. The molecular weight excluding hydrogens is 173 g/mol. The molecule has 1 aliphatic heterocycles. The number of alkyl halides is 2. The van der Waals surface area contributed by atoms with Gasteiger partial charge in [-0.1, -0.05) is 15.9 Å². The van der Waals surface area contributed by atoms with Crippen molar-refractivity contribution in [3.63, 3.8) is 0 Å². The first-order chi connectivity index (χ1) is 3.83. The summed E-state index contributed by atoms with van der Waals surface area (Å²) in [4.78, 5) is 0. The monoisotopic (exact) mass is 181 g/mol. The van der Waals surface area contributed by atoms with Crippen LogP contribution in [-0.4, -0.2) is 24.1 Å². The summed E-state index contributed by atoms with van der Waals surface area (Å²) in [5.74, 6) is 0. The molecule has 1 N–H and O–H groups in total. The van der Waals surface area contributed by atoms with Crippen LogP contribution in [0.2, 0.25) is 0 Å². The maximum atomic E-state index is 12.3. The van der Waals surface area contributed by atoms with Crippen molar-refractivity contribution in [2.24, 2.45) is 0 Å². The zero-order chi connectivity index (χ0) is 5.98. The molecule has 0 amide bonds.